The second-order valence-corrected chi connectivity index (χ2v) is 9.58. The van der Waals surface area contributed by atoms with E-state index in [2.05, 4.69) is 10.6 Å². The fourth-order valence-corrected chi connectivity index (χ4v) is 4.81. The van der Waals surface area contributed by atoms with Gasteiger partial charge in [-0.2, -0.15) is 0 Å². The number of aromatic carboxylic acids is 1. The van der Waals surface area contributed by atoms with Crippen LogP contribution in [-0.4, -0.2) is 74.3 Å². The number of benzene rings is 3. The van der Waals surface area contributed by atoms with E-state index in [1.807, 2.05) is 0 Å². The van der Waals surface area contributed by atoms with Crippen molar-refractivity contribution in [1.82, 2.24) is 10.6 Å². The summed E-state index contributed by atoms with van der Waals surface area (Å²) in [5.74, 6) is -7.80. The van der Waals surface area contributed by atoms with Crippen LogP contribution in [0.2, 0.25) is 0 Å². The molecule has 4 rings (SSSR count). The molecule has 0 aromatic heterocycles. The number of rotatable bonds is 8. The number of aromatic hydroxyl groups is 4. The molecule has 2 amide bonds. The number of carbonyl (C=O) groups excluding carboxylic acids is 4. The summed E-state index contributed by atoms with van der Waals surface area (Å²) in [5, 5.41) is 55.3. The maximum Gasteiger partial charge on any atom is 0.338 e. The van der Waals surface area contributed by atoms with E-state index in [0.717, 1.165) is 24.3 Å². The Balaban J connectivity index is 1.58. The molecule has 1 fully saturated rings. The number of carboxylic acids is 1. The molecular formula is C29H26N2O11. The number of hydrogen-bond acceptors (Lipinski definition) is 10. The first-order valence-electron chi connectivity index (χ1n) is 12.6. The van der Waals surface area contributed by atoms with Crippen LogP contribution in [0.3, 0.4) is 0 Å². The van der Waals surface area contributed by atoms with Crippen LogP contribution < -0.4 is 10.6 Å². The minimum atomic E-state index is -1.54. The minimum absolute atomic E-state index is 0.0407. The van der Waals surface area contributed by atoms with Crippen LogP contribution in [0.5, 0.6) is 23.0 Å². The first kappa shape index (κ1) is 29.4. The molecule has 3 aromatic carbocycles. The van der Waals surface area contributed by atoms with E-state index in [-0.39, 0.29) is 35.6 Å². The molecule has 13 heteroatoms. The van der Waals surface area contributed by atoms with Crippen molar-refractivity contribution in [1.29, 1.82) is 0 Å². The Morgan fingerprint density at radius 1 is 0.810 bits per heavy atom. The van der Waals surface area contributed by atoms with Crippen LogP contribution >= 0.6 is 0 Å². The van der Waals surface area contributed by atoms with Gasteiger partial charge in [0, 0.05) is 18.5 Å². The van der Waals surface area contributed by atoms with Gasteiger partial charge in [0.05, 0.1) is 22.7 Å². The number of carboxylic acid groups (broad SMARTS) is 1. The van der Waals surface area contributed by atoms with Crippen molar-refractivity contribution in [3.63, 3.8) is 0 Å². The molecule has 0 heterocycles. The van der Waals surface area contributed by atoms with E-state index in [4.69, 9.17) is 4.74 Å². The highest BCUT2D eigenvalue weighted by atomic mass is 16.5. The van der Waals surface area contributed by atoms with E-state index in [0.29, 0.717) is 0 Å². The molecule has 0 radical (unpaired) electrons. The molecule has 7 N–H and O–H groups in total. The van der Waals surface area contributed by atoms with Gasteiger partial charge in [0.25, 0.3) is 5.91 Å². The maximum absolute atomic E-state index is 13.1. The Morgan fingerprint density at radius 3 is 2.05 bits per heavy atom. The summed E-state index contributed by atoms with van der Waals surface area (Å²) < 4.78 is 5.56. The molecular weight excluding hydrogens is 552 g/mol. The molecule has 42 heavy (non-hydrogen) atoms. The van der Waals surface area contributed by atoms with Crippen LogP contribution in [0.25, 0.3) is 0 Å². The van der Waals surface area contributed by atoms with Crippen LogP contribution in [0.15, 0.2) is 54.6 Å². The van der Waals surface area contributed by atoms with Crippen molar-refractivity contribution < 1.29 is 54.2 Å². The molecule has 1 saturated carbocycles. The van der Waals surface area contributed by atoms with Crippen LogP contribution in [0.1, 0.15) is 59.8 Å². The van der Waals surface area contributed by atoms with E-state index in [1.165, 1.54) is 37.4 Å². The summed E-state index contributed by atoms with van der Waals surface area (Å²) in [6.07, 6.45) is -0.810. The van der Waals surface area contributed by atoms with Crippen molar-refractivity contribution in [3.05, 3.63) is 82.4 Å². The van der Waals surface area contributed by atoms with E-state index < -0.39 is 75.6 Å². The van der Waals surface area contributed by atoms with E-state index in [9.17, 15) is 49.5 Å². The van der Waals surface area contributed by atoms with Gasteiger partial charge in [0.1, 0.15) is 34.7 Å². The molecule has 13 nitrogen and oxygen atoms in total. The summed E-state index contributed by atoms with van der Waals surface area (Å²) >= 11 is 0. The molecule has 1 aliphatic carbocycles. The normalized spacial score (nSPS) is 17.7. The zero-order chi connectivity index (χ0) is 30.7. The predicted molar refractivity (Wildman–Crippen MR) is 144 cm³/mol. The number of amides is 2. The average molecular weight is 579 g/mol. The lowest BCUT2D eigenvalue weighted by molar-refractivity contribution is -0.124. The van der Waals surface area contributed by atoms with Crippen molar-refractivity contribution in [3.8, 4) is 23.0 Å². The zero-order valence-electron chi connectivity index (χ0n) is 22.0. The highest BCUT2D eigenvalue weighted by molar-refractivity contribution is 6.18. The number of nitrogens with one attached hydrogen (secondary N) is 2. The molecule has 1 unspecified atom stereocenters. The van der Waals surface area contributed by atoms with Gasteiger partial charge in [-0.25, -0.2) is 9.59 Å². The number of esters is 1. The number of carbonyl (C=O) groups is 5. The lowest BCUT2D eigenvalue weighted by Crippen LogP contribution is -2.42. The quantitative estimate of drug-likeness (QED) is 0.151. The third-order valence-electron chi connectivity index (χ3n) is 6.89. The Hall–Kier alpha value is -5.59. The number of ether oxygens (including phenoxy) is 1. The van der Waals surface area contributed by atoms with Gasteiger partial charge in [-0.3, -0.25) is 14.4 Å². The lowest BCUT2D eigenvalue weighted by Gasteiger charge is -2.21. The van der Waals surface area contributed by atoms with Gasteiger partial charge in [0.2, 0.25) is 11.7 Å². The summed E-state index contributed by atoms with van der Waals surface area (Å²) in [4.78, 5) is 62.7. The highest BCUT2D eigenvalue weighted by Crippen LogP contribution is 2.36. The van der Waals surface area contributed by atoms with Crippen molar-refractivity contribution in [2.45, 2.75) is 25.0 Å². The van der Waals surface area contributed by atoms with Gasteiger partial charge in [-0.1, -0.05) is 6.07 Å². The predicted octanol–water partition coefficient (Wildman–Crippen LogP) is 1.92. The SMILES string of the molecule is CNC(=O)C1C[C@@H](NC(=O)c2ccc(O)cc2)[C@H](OC(=O)c2cc(O)c(C(=O)c3c(O)cccc3C(=O)O)c(O)c2)C1. The second-order valence-electron chi connectivity index (χ2n) is 9.58. The van der Waals surface area contributed by atoms with Crippen LogP contribution in [0.4, 0.5) is 0 Å². The average Bonchev–Trinajstić information content (AvgIpc) is 3.33. The summed E-state index contributed by atoms with van der Waals surface area (Å²) in [5.41, 5.74) is -2.18. The third-order valence-corrected chi connectivity index (χ3v) is 6.89. The lowest BCUT2D eigenvalue weighted by atomic mass is 9.95. The maximum atomic E-state index is 13.1. The van der Waals surface area contributed by atoms with E-state index in [1.54, 1.807) is 0 Å². The summed E-state index contributed by atoms with van der Waals surface area (Å²) in [6.45, 7) is 0. The standard InChI is InChI=1S/C29H26N2O11/c1-30-26(37)14-9-18(31-27(38)13-5-7-16(32)8-6-13)22(12-14)42-29(41)15-10-20(34)24(21(35)11-15)25(36)23-17(28(39)40)3-2-4-19(23)33/h2-8,10-11,14,18,22,32-35H,9,12H2,1H3,(H,30,37)(H,31,38)(H,39,40)/t14?,18-,22-/m1/s1. The molecule has 0 bridgehead atoms. The summed E-state index contributed by atoms with van der Waals surface area (Å²) in [7, 11) is 1.44. The number of hydrogen-bond donors (Lipinski definition) is 7. The molecule has 0 spiro atoms. The smallest absolute Gasteiger partial charge is 0.338 e. The molecule has 1 aliphatic rings. The van der Waals surface area contributed by atoms with Gasteiger partial charge >= 0.3 is 11.9 Å². The van der Waals surface area contributed by atoms with Gasteiger partial charge in [0.15, 0.2) is 0 Å². The second kappa shape index (κ2) is 11.9. The fourth-order valence-electron chi connectivity index (χ4n) is 4.81. The summed E-state index contributed by atoms with van der Waals surface area (Å²) in [6, 6.07) is 9.59. The molecule has 0 aliphatic heterocycles. The first-order chi connectivity index (χ1) is 19.9. The number of ketones is 1. The van der Waals surface area contributed by atoms with Gasteiger partial charge < -0.3 is 40.9 Å². The van der Waals surface area contributed by atoms with Crippen molar-refractivity contribution in [2.75, 3.05) is 7.05 Å². The Labute approximate surface area is 238 Å². The number of phenols is 4. The fraction of sp³-hybridized carbons (Fsp3) is 0.207. The van der Waals surface area contributed by atoms with E-state index >= 15 is 0 Å². The third kappa shape index (κ3) is 5.94. The Bertz CT molecular complexity index is 1560. The monoisotopic (exact) mass is 578 g/mol. The van der Waals surface area contributed by atoms with Gasteiger partial charge in [-0.05, 0) is 61.4 Å². The van der Waals surface area contributed by atoms with Crippen molar-refractivity contribution in [2.24, 2.45) is 5.92 Å². The molecule has 0 saturated heterocycles. The Kier molecular flexibility index (Phi) is 8.31. The number of phenolic OH excluding ortho intramolecular Hbond substituents is 4. The van der Waals surface area contributed by atoms with Gasteiger partial charge in [-0.15, -0.1) is 0 Å². The van der Waals surface area contributed by atoms with Crippen LogP contribution in [0, 0.1) is 5.92 Å². The van der Waals surface area contributed by atoms with Crippen molar-refractivity contribution >= 4 is 29.5 Å². The molecule has 3 atom stereocenters. The topological polar surface area (TPSA) is 220 Å². The first-order valence-corrected chi connectivity index (χ1v) is 12.6. The highest BCUT2D eigenvalue weighted by Gasteiger charge is 2.41. The minimum Gasteiger partial charge on any atom is -0.508 e. The Morgan fingerprint density at radius 2 is 1.45 bits per heavy atom. The zero-order valence-corrected chi connectivity index (χ0v) is 22.0. The molecule has 218 valence electrons. The van der Waals surface area contributed by atoms with Crippen LogP contribution in [-0.2, 0) is 9.53 Å². The molecule has 3 aromatic rings. The largest absolute Gasteiger partial charge is 0.508 e.